The van der Waals surface area contributed by atoms with Crippen LogP contribution in [-0.4, -0.2) is 59.9 Å². The van der Waals surface area contributed by atoms with Gasteiger partial charge >= 0.3 is 0 Å². The molecule has 0 radical (unpaired) electrons. The number of piperazine rings is 1. The van der Waals surface area contributed by atoms with Gasteiger partial charge in [-0.3, -0.25) is 14.4 Å². The lowest BCUT2D eigenvalue weighted by Gasteiger charge is -2.27. The lowest BCUT2D eigenvalue weighted by Crippen LogP contribution is -2.46. The van der Waals surface area contributed by atoms with E-state index in [0.717, 1.165) is 38.3 Å². The maximum atomic E-state index is 12.6. The van der Waals surface area contributed by atoms with Gasteiger partial charge in [0.15, 0.2) is 0 Å². The van der Waals surface area contributed by atoms with Crippen LogP contribution >= 0.6 is 11.6 Å². The fourth-order valence-corrected chi connectivity index (χ4v) is 3.09. The lowest BCUT2D eigenvalue weighted by atomic mass is 10.1. The zero-order valence-electron chi connectivity index (χ0n) is 13.8. The van der Waals surface area contributed by atoms with Crippen molar-refractivity contribution in [2.75, 3.05) is 39.3 Å². The Bertz CT molecular complexity index is 709. The fourth-order valence-electron chi connectivity index (χ4n) is 2.86. The third-order valence-corrected chi connectivity index (χ3v) is 4.46. The Morgan fingerprint density at radius 2 is 2.08 bits per heavy atom. The molecule has 0 spiro atoms. The molecule has 0 atom stereocenters. The minimum atomic E-state index is -0.117. The van der Waals surface area contributed by atoms with Gasteiger partial charge in [-0.2, -0.15) is 5.10 Å². The van der Waals surface area contributed by atoms with Crippen molar-refractivity contribution < 1.29 is 4.79 Å². The number of nitrogens with one attached hydrogen (secondary N) is 2. The van der Waals surface area contributed by atoms with Crippen molar-refractivity contribution in [2.24, 2.45) is 7.05 Å². The third kappa shape index (κ3) is 3.95. The molecule has 1 aromatic heterocycles. The molecule has 2 heterocycles. The average Bonchev–Trinajstić information content (AvgIpc) is 2.98. The van der Waals surface area contributed by atoms with Crippen LogP contribution in [0.2, 0.25) is 5.02 Å². The number of aromatic nitrogens is 2. The summed E-state index contributed by atoms with van der Waals surface area (Å²) in [6, 6.07) is 7.43. The summed E-state index contributed by atoms with van der Waals surface area (Å²) in [5, 5.41) is 11.3. The minimum absolute atomic E-state index is 0.117. The highest BCUT2D eigenvalue weighted by Gasteiger charge is 2.19. The smallest absolute Gasteiger partial charge is 0.255 e. The molecule has 0 aliphatic carbocycles. The van der Waals surface area contributed by atoms with Crippen molar-refractivity contribution in [2.45, 2.75) is 0 Å². The van der Waals surface area contributed by atoms with Crippen molar-refractivity contribution in [1.82, 2.24) is 25.3 Å². The number of nitrogens with zero attached hydrogens (tertiary/aromatic N) is 3. The summed E-state index contributed by atoms with van der Waals surface area (Å²) in [4.78, 5) is 14.9. The van der Waals surface area contributed by atoms with Crippen molar-refractivity contribution in [3.63, 3.8) is 0 Å². The Kier molecular flexibility index (Phi) is 5.50. The number of aryl methyl sites for hydroxylation is 1. The number of benzene rings is 1. The number of carbonyl (C=O) groups excluding carboxylic acids is 1. The van der Waals surface area contributed by atoms with E-state index in [1.54, 1.807) is 24.0 Å². The maximum Gasteiger partial charge on any atom is 0.255 e. The number of halogens is 1. The highest BCUT2D eigenvalue weighted by atomic mass is 35.5. The molecule has 1 aromatic carbocycles. The normalized spacial score (nSPS) is 15.4. The van der Waals surface area contributed by atoms with Crippen LogP contribution < -0.4 is 10.6 Å². The first-order valence-corrected chi connectivity index (χ1v) is 8.53. The van der Waals surface area contributed by atoms with Crippen LogP contribution in [0.5, 0.6) is 0 Å². The number of hydrogen-bond donors (Lipinski definition) is 2. The van der Waals surface area contributed by atoms with Crippen LogP contribution in [0.3, 0.4) is 0 Å². The van der Waals surface area contributed by atoms with Gasteiger partial charge in [0.1, 0.15) is 5.69 Å². The molecule has 3 rings (SSSR count). The average molecular weight is 348 g/mol. The Labute approximate surface area is 146 Å². The van der Waals surface area contributed by atoms with E-state index >= 15 is 0 Å². The SMILES string of the molecule is Cn1cc(C(=O)NCCN2CCNCC2)c(-c2ccccc2Cl)n1. The van der Waals surface area contributed by atoms with Gasteiger partial charge in [-0.1, -0.05) is 29.8 Å². The Morgan fingerprint density at radius 1 is 1.33 bits per heavy atom. The monoisotopic (exact) mass is 347 g/mol. The highest BCUT2D eigenvalue weighted by Crippen LogP contribution is 2.28. The van der Waals surface area contributed by atoms with Crippen LogP contribution in [0, 0.1) is 0 Å². The molecular formula is C17H22ClN5O. The van der Waals surface area contributed by atoms with Gasteiger partial charge in [-0.15, -0.1) is 0 Å². The molecule has 0 unspecified atom stereocenters. The number of hydrogen-bond acceptors (Lipinski definition) is 4. The molecule has 1 aliphatic rings. The molecule has 2 aromatic rings. The summed E-state index contributed by atoms with van der Waals surface area (Å²) in [5.74, 6) is -0.117. The maximum absolute atomic E-state index is 12.6. The van der Waals surface area contributed by atoms with E-state index in [-0.39, 0.29) is 5.91 Å². The molecule has 1 aliphatic heterocycles. The lowest BCUT2D eigenvalue weighted by molar-refractivity contribution is 0.0948. The molecule has 1 saturated heterocycles. The van der Waals surface area contributed by atoms with E-state index in [9.17, 15) is 4.79 Å². The predicted molar refractivity (Wildman–Crippen MR) is 95.3 cm³/mol. The van der Waals surface area contributed by atoms with E-state index < -0.39 is 0 Å². The third-order valence-electron chi connectivity index (χ3n) is 4.13. The van der Waals surface area contributed by atoms with Crippen molar-refractivity contribution in [1.29, 1.82) is 0 Å². The zero-order chi connectivity index (χ0) is 16.9. The molecular weight excluding hydrogens is 326 g/mol. The molecule has 0 saturated carbocycles. The van der Waals surface area contributed by atoms with Gasteiger partial charge in [0.05, 0.1) is 10.6 Å². The van der Waals surface area contributed by atoms with Gasteiger partial charge in [0.25, 0.3) is 5.91 Å². The van der Waals surface area contributed by atoms with Gasteiger partial charge < -0.3 is 10.6 Å². The van der Waals surface area contributed by atoms with Gasteiger partial charge in [-0.05, 0) is 6.07 Å². The van der Waals surface area contributed by atoms with Crippen LogP contribution in [0.4, 0.5) is 0 Å². The molecule has 128 valence electrons. The van der Waals surface area contributed by atoms with Crippen LogP contribution in [0.25, 0.3) is 11.3 Å². The van der Waals surface area contributed by atoms with Crippen LogP contribution in [0.15, 0.2) is 30.5 Å². The number of amides is 1. The van der Waals surface area contributed by atoms with E-state index in [4.69, 9.17) is 11.6 Å². The summed E-state index contributed by atoms with van der Waals surface area (Å²) in [6.45, 7) is 5.53. The van der Waals surface area contributed by atoms with E-state index in [0.29, 0.717) is 22.8 Å². The van der Waals surface area contributed by atoms with Crippen LogP contribution in [-0.2, 0) is 7.05 Å². The predicted octanol–water partition coefficient (Wildman–Crippen LogP) is 1.38. The first kappa shape index (κ1) is 17.0. The molecule has 1 fully saturated rings. The van der Waals surface area contributed by atoms with Gasteiger partial charge in [0.2, 0.25) is 0 Å². The summed E-state index contributed by atoms with van der Waals surface area (Å²) in [7, 11) is 1.80. The molecule has 1 amide bonds. The largest absolute Gasteiger partial charge is 0.351 e. The number of carbonyl (C=O) groups is 1. The summed E-state index contributed by atoms with van der Waals surface area (Å²) < 4.78 is 1.64. The standard InChI is InChI=1S/C17H22ClN5O/c1-22-12-14(16(21-22)13-4-2-3-5-15(13)18)17(24)20-8-11-23-9-6-19-7-10-23/h2-5,12,19H,6-11H2,1H3,(H,20,24). The van der Waals surface area contributed by atoms with Gasteiger partial charge in [0, 0.05) is 58.1 Å². The van der Waals surface area contributed by atoms with Crippen molar-refractivity contribution in [3.8, 4) is 11.3 Å². The van der Waals surface area contributed by atoms with E-state index in [1.165, 1.54) is 0 Å². The Morgan fingerprint density at radius 3 is 2.83 bits per heavy atom. The first-order chi connectivity index (χ1) is 11.6. The second-order valence-corrected chi connectivity index (χ2v) is 6.30. The molecule has 6 nitrogen and oxygen atoms in total. The van der Waals surface area contributed by atoms with Crippen molar-refractivity contribution in [3.05, 3.63) is 41.0 Å². The van der Waals surface area contributed by atoms with Crippen LogP contribution in [0.1, 0.15) is 10.4 Å². The fraction of sp³-hybridized carbons (Fsp3) is 0.412. The topological polar surface area (TPSA) is 62.2 Å². The van der Waals surface area contributed by atoms with E-state index in [1.807, 2.05) is 18.2 Å². The summed E-state index contributed by atoms with van der Waals surface area (Å²) >= 11 is 6.26. The molecule has 2 N–H and O–H groups in total. The highest BCUT2D eigenvalue weighted by molar-refractivity contribution is 6.33. The van der Waals surface area contributed by atoms with Gasteiger partial charge in [-0.25, -0.2) is 0 Å². The molecule has 0 bridgehead atoms. The minimum Gasteiger partial charge on any atom is -0.351 e. The quantitative estimate of drug-likeness (QED) is 0.857. The zero-order valence-corrected chi connectivity index (χ0v) is 14.5. The Hall–Kier alpha value is -1.89. The summed E-state index contributed by atoms with van der Waals surface area (Å²) in [5.41, 5.74) is 1.93. The second kappa shape index (κ2) is 7.79. The van der Waals surface area contributed by atoms with E-state index in [2.05, 4.69) is 20.6 Å². The second-order valence-electron chi connectivity index (χ2n) is 5.89. The summed E-state index contributed by atoms with van der Waals surface area (Å²) in [6.07, 6.45) is 1.73. The molecule has 7 heteroatoms. The van der Waals surface area contributed by atoms with Crippen molar-refractivity contribution >= 4 is 17.5 Å². The first-order valence-electron chi connectivity index (χ1n) is 8.15. The molecule has 24 heavy (non-hydrogen) atoms. The number of rotatable bonds is 5. The Balaban J connectivity index is 1.68.